The first-order valence-corrected chi connectivity index (χ1v) is 7.53. The predicted molar refractivity (Wildman–Crippen MR) is 83.8 cm³/mol. The van der Waals surface area contributed by atoms with E-state index in [1.54, 1.807) is 37.4 Å². The van der Waals surface area contributed by atoms with Crippen LogP contribution in [0.1, 0.15) is 22.0 Å². The van der Waals surface area contributed by atoms with E-state index in [2.05, 4.69) is 5.32 Å². The molecule has 0 amide bonds. The molecule has 0 aliphatic carbocycles. The van der Waals surface area contributed by atoms with Crippen LogP contribution in [0.15, 0.2) is 42.5 Å². The van der Waals surface area contributed by atoms with Crippen LogP contribution in [0.5, 0.6) is 0 Å². The molecule has 0 bridgehead atoms. The van der Waals surface area contributed by atoms with Crippen molar-refractivity contribution in [2.24, 2.45) is 0 Å². The molecule has 2 aromatic carbocycles. The van der Waals surface area contributed by atoms with Gasteiger partial charge in [-0.15, -0.1) is 11.3 Å². The second kappa shape index (κ2) is 5.54. The lowest BCUT2D eigenvalue weighted by molar-refractivity contribution is 0.483. The molecule has 4 heteroatoms. The third-order valence-corrected chi connectivity index (χ3v) is 4.81. The van der Waals surface area contributed by atoms with Crippen LogP contribution in [0.2, 0.25) is 0 Å². The van der Waals surface area contributed by atoms with Crippen LogP contribution in [0, 0.1) is 18.6 Å². The quantitative estimate of drug-likeness (QED) is 0.733. The molecule has 1 heterocycles. The van der Waals surface area contributed by atoms with Crippen LogP contribution in [-0.4, -0.2) is 7.05 Å². The molecule has 1 aromatic heterocycles. The number of nitrogens with one attached hydrogen (secondary N) is 1. The van der Waals surface area contributed by atoms with Crippen LogP contribution in [0.4, 0.5) is 8.78 Å². The van der Waals surface area contributed by atoms with E-state index in [9.17, 15) is 8.78 Å². The van der Waals surface area contributed by atoms with Crippen LogP contribution in [-0.2, 0) is 0 Å². The number of aryl methyl sites for hydroxylation is 1. The molecule has 0 aliphatic rings. The van der Waals surface area contributed by atoms with Gasteiger partial charge in [-0.05, 0) is 37.1 Å². The maximum absolute atomic E-state index is 14.2. The number of thiophene rings is 1. The van der Waals surface area contributed by atoms with Crippen LogP contribution >= 0.6 is 11.3 Å². The summed E-state index contributed by atoms with van der Waals surface area (Å²) in [6.45, 7) is 1.57. The largest absolute Gasteiger partial charge is 0.309 e. The molecule has 1 nitrogen and oxygen atoms in total. The molecule has 1 N–H and O–H groups in total. The van der Waals surface area contributed by atoms with Gasteiger partial charge in [0.2, 0.25) is 0 Å². The maximum Gasteiger partial charge on any atom is 0.164 e. The van der Waals surface area contributed by atoms with E-state index in [0.29, 0.717) is 11.1 Å². The Morgan fingerprint density at radius 3 is 2.52 bits per heavy atom. The highest BCUT2D eigenvalue weighted by Crippen LogP contribution is 2.34. The molecule has 3 aromatic rings. The van der Waals surface area contributed by atoms with Gasteiger partial charge in [0.1, 0.15) is 0 Å². The number of hydrogen-bond acceptors (Lipinski definition) is 2. The Kier molecular flexibility index (Phi) is 3.74. The number of fused-ring (bicyclic) bond motifs is 1. The number of halogens is 2. The van der Waals surface area contributed by atoms with Gasteiger partial charge >= 0.3 is 0 Å². The molecular formula is C17H15F2NS. The van der Waals surface area contributed by atoms with Crippen molar-refractivity contribution in [1.82, 2.24) is 5.32 Å². The summed E-state index contributed by atoms with van der Waals surface area (Å²) in [6, 6.07) is 12.9. The first kappa shape index (κ1) is 14.2. The normalized spacial score (nSPS) is 12.8. The van der Waals surface area contributed by atoms with E-state index >= 15 is 0 Å². The lowest BCUT2D eigenvalue weighted by Gasteiger charge is -2.16. The topological polar surface area (TPSA) is 12.0 Å². The molecular weight excluding hydrogens is 288 g/mol. The van der Waals surface area contributed by atoms with Gasteiger partial charge in [-0.1, -0.05) is 30.3 Å². The summed E-state index contributed by atoms with van der Waals surface area (Å²) in [7, 11) is 1.76. The molecule has 0 saturated heterocycles. The highest BCUT2D eigenvalue weighted by atomic mass is 32.1. The highest BCUT2D eigenvalue weighted by Gasteiger charge is 2.21. The maximum atomic E-state index is 14.2. The van der Waals surface area contributed by atoms with Crippen molar-refractivity contribution in [2.45, 2.75) is 13.0 Å². The lowest BCUT2D eigenvalue weighted by Crippen LogP contribution is -2.18. The fourth-order valence-corrected chi connectivity index (χ4v) is 3.67. The second-order valence-electron chi connectivity index (χ2n) is 5.01. The fraction of sp³-hybridized carbons (Fsp3) is 0.176. The third kappa shape index (κ3) is 2.45. The summed E-state index contributed by atoms with van der Waals surface area (Å²) < 4.78 is 29.2. The molecule has 1 unspecified atom stereocenters. The smallest absolute Gasteiger partial charge is 0.164 e. The Hall–Kier alpha value is -1.78. The molecule has 21 heavy (non-hydrogen) atoms. The Morgan fingerprint density at radius 1 is 1.05 bits per heavy atom. The second-order valence-corrected chi connectivity index (χ2v) is 6.12. The molecule has 0 saturated carbocycles. The minimum atomic E-state index is -0.771. The molecule has 108 valence electrons. The first-order chi connectivity index (χ1) is 10.1. The van der Waals surface area contributed by atoms with E-state index in [1.807, 2.05) is 30.3 Å². The fourth-order valence-electron chi connectivity index (χ4n) is 2.48. The van der Waals surface area contributed by atoms with Gasteiger partial charge in [0.05, 0.1) is 6.04 Å². The van der Waals surface area contributed by atoms with Crippen LogP contribution in [0.3, 0.4) is 0 Å². The van der Waals surface area contributed by atoms with Crippen molar-refractivity contribution in [2.75, 3.05) is 7.05 Å². The predicted octanol–water partition coefficient (Wildman–Crippen LogP) is 4.80. The van der Waals surface area contributed by atoms with Gasteiger partial charge in [0.15, 0.2) is 11.6 Å². The minimum absolute atomic E-state index is 0.322. The average Bonchev–Trinajstić information content (AvgIpc) is 2.91. The summed E-state index contributed by atoms with van der Waals surface area (Å²) in [5.74, 6) is -1.54. The van der Waals surface area contributed by atoms with Crippen molar-refractivity contribution < 1.29 is 8.78 Å². The molecule has 1 atom stereocenters. The Labute approximate surface area is 126 Å². The van der Waals surface area contributed by atoms with E-state index in [0.717, 1.165) is 15.0 Å². The van der Waals surface area contributed by atoms with Crippen molar-refractivity contribution >= 4 is 21.4 Å². The Morgan fingerprint density at radius 2 is 1.81 bits per heavy atom. The zero-order valence-electron chi connectivity index (χ0n) is 11.8. The first-order valence-electron chi connectivity index (χ1n) is 6.72. The van der Waals surface area contributed by atoms with Gasteiger partial charge in [-0.3, -0.25) is 0 Å². The van der Waals surface area contributed by atoms with E-state index < -0.39 is 11.6 Å². The summed E-state index contributed by atoms with van der Waals surface area (Å²) in [6.07, 6.45) is 0. The number of benzene rings is 2. The van der Waals surface area contributed by atoms with Crippen LogP contribution in [0.25, 0.3) is 10.1 Å². The molecule has 0 spiro atoms. The van der Waals surface area contributed by atoms with E-state index in [1.165, 1.54) is 0 Å². The zero-order chi connectivity index (χ0) is 15.0. The number of hydrogen-bond donors (Lipinski definition) is 1. The van der Waals surface area contributed by atoms with Gasteiger partial charge in [-0.25, -0.2) is 8.78 Å². The highest BCUT2D eigenvalue weighted by molar-refractivity contribution is 7.19. The van der Waals surface area contributed by atoms with Gasteiger partial charge in [-0.2, -0.15) is 0 Å². The van der Waals surface area contributed by atoms with Crippen molar-refractivity contribution in [1.29, 1.82) is 0 Å². The average molecular weight is 303 g/mol. The molecule has 0 aliphatic heterocycles. The van der Waals surface area contributed by atoms with Gasteiger partial charge in [0, 0.05) is 15.1 Å². The van der Waals surface area contributed by atoms with Gasteiger partial charge in [0.25, 0.3) is 0 Å². The third-order valence-electron chi connectivity index (χ3n) is 3.63. The zero-order valence-corrected chi connectivity index (χ0v) is 12.6. The summed E-state index contributed by atoms with van der Waals surface area (Å²) in [5.41, 5.74) is 0.662. The van der Waals surface area contributed by atoms with Crippen molar-refractivity contribution in [3.8, 4) is 0 Å². The summed E-state index contributed by atoms with van der Waals surface area (Å²) >= 11 is 1.59. The summed E-state index contributed by atoms with van der Waals surface area (Å²) in [4.78, 5) is 0.973. The molecule has 0 fully saturated rings. The minimum Gasteiger partial charge on any atom is -0.309 e. The molecule has 3 rings (SSSR count). The summed E-state index contributed by atoms with van der Waals surface area (Å²) in [5, 5.41) is 4.20. The van der Waals surface area contributed by atoms with Crippen LogP contribution < -0.4 is 5.32 Å². The molecule has 0 radical (unpaired) electrons. The van der Waals surface area contributed by atoms with Crippen molar-refractivity contribution in [3.63, 3.8) is 0 Å². The Balaban J connectivity index is 2.12. The number of rotatable bonds is 3. The van der Waals surface area contributed by atoms with E-state index in [-0.39, 0.29) is 6.04 Å². The van der Waals surface area contributed by atoms with Crippen molar-refractivity contribution in [3.05, 3.63) is 70.1 Å². The van der Waals surface area contributed by atoms with E-state index in [4.69, 9.17) is 0 Å². The van der Waals surface area contributed by atoms with Gasteiger partial charge < -0.3 is 5.32 Å². The standard InChI is InChI=1S/C17H15F2NS/c1-10-7-8-12(16(19)15(10)18)17(20-2)14-9-11-5-3-4-6-13(11)21-14/h3-9,17,20H,1-2H3. The lowest BCUT2D eigenvalue weighted by atomic mass is 10.0. The Bertz CT molecular complexity index is 762. The SMILES string of the molecule is CNC(c1cc2ccccc2s1)c1ccc(C)c(F)c1F. The monoisotopic (exact) mass is 303 g/mol.